The minimum Gasteiger partial charge on any atom is -0.192 e. The molecule has 0 spiro atoms. The second-order valence-electron chi connectivity index (χ2n) is 4.71. The van der Waals surface area contributed by atoms with Gasteiger partial charge in [-0.25, -0.2) is 0 Å². The molecule has 0 saturated heterocycles. The zero-order valence-electron chi connectivity index (χ0n) is 10.5. The SMILES string of the molecule is C=C1C=Cc2cc(C#N)ccc2[C@H]1c1ccccc1. The lowest BCUT2D eigenvalue weighted by molar-refractivity contribution is 0.969. The van der Waals surface area contributed by atoms with Crippen LogP contribution in [0.1, 0.15) is 28.2 Å². The first-order valence-corrected chi connectivity index (χ1v) is 6.25. The molecular formula is C18H13N. The molecule has 2 aromatic rings. The number of rotatable bonds is 1. The van der Waals surface area contributed by atoms with E-state index in [0.717, 1.165) is 11.1 Å². The van der Waals surface area contributed by atoms with Gasteiger partial charge in [-0.05, 0) is 34.4 Å². The Labute approximate surface area is 113 Å². The molecule has 1 heteroatoms. The zero-order chi connectivity index (χ0) is 13.2. The van der Waals surface area contributed by atoms with Gasteiger partial charge in [0.1, 0.15) is 0 Å². The third-order valence-electron chi connectivity index (χ3n) is 3.51. The number of benzene rings is 2. The van der Waals surface area contributed by atoms with E-state index < -0.39 is 0 Å². The van der Waals surface area contributed by atoms with E-state index in [-0.39, 0.29) is 5.92 Å². The Morgan fingerprint density at radius 2 is 1.79 bits per heavy atom. The maximum Gasteiger partial charge on any atom is 0.0991 e. The fourth-order valence-corrected chi connectivity index (χ4v) is 2.58. The molecule has 1 aliphatic rings. The zero-order valence-corrected chi connectivity index (χ0v) is 10.5. The summed E-state index contributed by atoms with van der Waals surface area (Å²) < 4.78 is 0. The molecule has 1 atom stereocenters. The van der Waals surface area contributed by atoms with E-state index in [1.54, 1.807) is 0 Å². The van der Waals surface area contributed by atoms with Gasteiger partial charge in [-0.2, -0.15) is 5.26 Å². The number of hydrogen-bond acceptors (Lipinski definition) is 1. The van der Waals surface area contributed by atoms with Crippen LogP contribution in [0.5, 0.6) is 0 Å². The maximum atomic E-state index is 8.98. The van der Waals surface area contributed by atoms with E-state index in [9.17, 15) is 0 Å². The van der Waals surface area contributed by atoms with Crippen LogP contribution in [0.2, 0.25) is 0 Å². The molecule has 0 unspecified atom stereocenters. The summed E-state index contributed by atoms with van der Waals surface area (Å²) in [4.78, 5) is 0. The largest absolute Gasteiger partial charge is 0.192 e. The highest BCUT2D eigenvalue weighted by molar-refractivity contribution is 5.67. The summed E-state index contributed by atoms with van der Waals surface area (Å²) in [5, 5.41) is 8.98. The molecule has 0 saturated carbocycles. The lowest BCUT2D eigenvalue weighted by Crippen LogP contribution is -2.08. The summed E-state index contributed by atoms with van der Waals surface area (Å²) in [6.45, 7) is 4.16. The highest BCUT2D eigenvalue weighted by Crippen LogP contribution is 2.38. The molecule has 0 aromatic heterocycles. The summed E-state index contributed by atoms with van der Waals surface area (Å²) in [6, 6.07) is 18.4. The Morgan fingerprint density at radius 1 is 1.00 bits per heavy atom. The smallest absolute Gasteiger partial charge is 0.0991 e. The quantitative estimate of drug-likeness (QED) is 0.733. The molecule has 1 nitrogen and oxygen atoms in total. The van der Waals surface area contributed by atoms with Gasteiger partial charge < -0.3 is 0 Å². The third kappa shape index (κ3) is 1.98. The predicted molar refractivity (Wildman–Crippen MR) is 77.6 cm³/mol. The van der Waals surface area contributed by atoms with E-state index >= 15 is 0 Å². The van der Waals surface area contributed by atoms with E-state index in [1.165, 1.54) is 11.1 Å². The molecule has 0 fully saturated rings. The van der Waals surface area contributed by atoms with Crippen LogP contribution in [0, 0.1) is 11.3 Å². The van der Waals surface area contributed by atoms with Crippen molar-refractivity contribution in [3.05, 3.63) is 89.0 Å². The average Bonchev–Trinajstić information content (AvgIpc) is 2.47. The van der Waals surface area contributed by atoms with Crippen LogP contribution in [-0.2, 0) is 0 Å². The Kier molecular flexibility index (Phi) is 2.78. The molecule has 19 heavy (non-hydrogen) atoms. The van der Waals surface area contributed by atoms with Gasteiger partial charge in [-0.15, -0.1) is 0 Å². The molecule has 90 valence electrons. The van der Waals surface area contributed by atoms with Gasteiger partial charge in [0.15, 0.2) is 0 Å². The topological polar surface area (TPSA) is 23.8 Å². The summed E-state index contributed by atoms with van der Waals surface area (Å²) in [5.41, 5.74) is 5.35. The summed E-state index contributed by atoms with van der Waals surface area (Å²) in [6.07, 6.45) is 4.08. The Balaban J connectivity index is 2.16. The maximum absolute atomic E-state index is 8.98. The second kappa shape index (κ2) is 4.59. The van der Waals surface area contributed by atoms with Crippen molar-refractivity contribution >= 4 is 6.08 Å². The summed E-state index contributed by atoms with van der Waals surface area (Å²) in [7, 11) is 0. The van der Waals surface area contributed by atoms with Crippen molar-refractivity contribution in [2.75, 3.05) is 0 Å². The first kappa shape index (κ1) is 11.5. The monoisotopic (exact) mass is 243 g/mol. The van der Waals surface area contributed by atoms with Crippen LogP contribution in [0.25, 0.3) is 6.08 Å². The Bertz CT molecular complexity index is 702. The van der Waals surface area contributed by atoms with E-state index in [1.807, 2.05) is 48.6 Å². The van der Waals surface area contributed by atoms with Crippen molar-refractivity contribution in [2.45, 2.75) is 5.92 Å². The van der Waals surface area contributed by atoms with E-state index in [4.69, 9.17) is 5.26 Å². The van der Waals surface area contributed by atoms with Crippen molar-refractivity contribution in [1.82, 2.24) is 0 Å². The van der Waals surface area contributed by atoms with E-state index in [0.29, 0.717) is 5.56 Å². The van der Waals surface area contributed by atoms with Gasteiger partial charge in [-0.1, -0.05) is 55.1 Å². The minimum atomic E-state index is 0.189. The van der Waals surface area contributed by atoms with Crippen molar-refractivity contribution < 1.29 is 0 Å². The number of hydrogen-bond donors (Lipinski definition) is 0. The Morgan fingerprint density at radius 3 is 2.53 bits per heavy atom. The lowest BCUT2D eigenvalue weighted by atomic mass is 9.79. The number of fused-ring (bicyclic) bond motifs is 1. The molecule has 0 aliphatic heterocycles. The molecule has 2 aromatic carbocycles. The van der Waals surface area contributed by atoms with Crippen molar-refractivity contribution in [3.63, 3.8) is 0 Å². The van der Waals surface area contributed by atoms with E-state index in [2.05, 4.69) is 24.8 Å². The highest BCUT2D eigenvalue weighted by Gasteiger charge is 2.21. The third-order valence-corrected chi connectivity index (χ3v) is 3.51. The van der Waals surface area contributed by atoms with Gasteiger partial charge in [-0.3, -0.25) is 0 Å². The second-order valence-corrected chi connectivity index (χ2v) is 4.71. The molecule has 0 bridgehead atoms. The molecular weight excluding hydrogens is 230 g/mol. The summed E-state index contributed by atoms with van der Waals surface area (Å²) >= 11 is 0. The predicted octanol–water partition coefficient (Wildman–Crippen LogP) is 4.27. The molecule has 0 heterocycles. The Hall–Kier alpha value is -2.59. The first-order valence-electron chi connectivity index (χ1n) is 6.25. The normalized spacial score (nSPS) is 16.8. The fourth-order valence-electron chi connectivity index (χ4n) is 2.58. The molecule has 1 aliphatic carbocycles. The number of nitriles is 1. The van der Waals surface area contributed by atoms with Crippen molar-refractivity contribution in [1.29, 1.82) is 5.26 Å². The van der Waals surface area contributed by atoms with Gasteiger partial charge in [0.25, 0.3) is 0 Å². The van der Waals surface area contributed by atoms with Crippen LogP contribution in [0.3, 0.4) is 0 Å². The number of allylic oxidation sites excluding steroid dienone is 2. The van der Waals surface area contributed by atoms with Crippen LogP contribution >= 0.6 is 0 Å². The number of nitrogens with zero attached hydrogens (tertiary/aromatic N) is 1. The fraction of sp³-hybridized carbons (Fsp3) is 0.0556. The highest BCUT2D eigenvalue weighted by atomic mass is 14.3. The molecule has 3 rings (SSSR count). The van der Waals surface area contributed by atoms with Crippen LogP contribution in [-0.4, -0.2) is 0 Å². The van der Waals surface area contributed by atoms with Gasteiger partial charge in [0, 0.05) is 5.92 Å². The first-order chi connectivity index (χ1) is 9.29. The molecule has 0 amide bonds. The van der Waals surface area contributed by atoms with Gasteiger partial charge in [0.05, 0.1) is 11.6 Å². The summed E-state index contributed by atoms with van der Waals surface area (Å²) in [5.74, 6) is 0.189. The van der Waals surface area contributed by atoms with Crippen LogP contribution in [0.15, 0.2) is 66.8 Å². The standard InChI is InChI=1S/C18H13N/c1-13-7-9-16-11-14(12-19)8-10-17(16)18(13)15-5-3-2-4-6-15/h2-11,18H,1H2/t18-/m1/s1. The van der Waals surface area contributed by atoms with Gasteiger partial charge >= 0.3 is 0 Å². The van der Waals surface area contributed by atoms with Gasteiger partial charge in [0.2, 0.25) is 0 Å². The average molecular weight is 243 g/mol. The minimum absolute atomic E-state index is 0.189. The lowest BCUT2D eigenvalue weighted by Gasteiger charge is -2.24. The van der Waals surface area contributed by atoms with Crippen LogP contribution < -0.4 is 0 Å². The van der Waals surface area contributed by atoms with Crippen molar-refractivity contribution in [3.8, 4) is 6.07 Å². The van der Waals surface area contributed by atoms with Crippen LogP contribution in [0.4, 0.5) is 0 Å². The molecule has 0 N–H and O–H groups in total. The molecule has 0 radical (unpaired) electrons. The van der Waals surface area contributed by atoms with Crippen molar-refractivity contribution in [2.24, 2.45) is 0 Å².